The van der Waals surface area contributed by atoms with Gasteiger partial charge in [-0.3, -0.25) is 4.79 Å². The summed E-state index contributed by atoms with van der Waals surface area (Å²) in [5, 5.41) is 20.9. The van der Waals surface area contributed by atoms with Gasteiger partial charge in [0.1, 0.15) is 5.75 Å². The lowest BCUT2D eigenvalue weighted by atomic mass is 9.63. The van der Waals surface area contributed by atoms with Crippen LogP contribution in [0.15, 0.2) is 41.3 Å². The third-order valence-electron chi connectivity index (χ3n) is 6.05. The van der Waals surface area contributed by atoms with Crippen LogP contribution in [0.4, 0.5) is 18.9 Å². The molecule has 0 spiro atoms. The van der Waals surface area contributed by atoms with Gasteiger partial charge in [-0.05, 0) is 47.2 Å². The number of nitrogens with zero attached hydrogens (tertiary/aromatic N) is 1. The Morgan fingerprint density at radius 1 is 1.28 bits per heavy atom. The zero-order valence-corrected chi connectivity index (χ0v) is 18.2. The van der Waals surface area contributed by atoms with Gasteiger partial charge < -0.3 is 15.2 Å². The molecule has 2 atom stereocenters. The van der Waals surface area contributed by atoms with Crippen LogP contribution in [0.2, 0.25) is 5.02 Å². The van der Waals surface area contributed by atoms with Crippen LogP contribution in [-0.4, -0.2) is 34.2 Å². The van der Waals surface area contributed by atoms with Gasteiger partial charge in [0.2, 0.25) is 0 Å². The fourth-order valence-electron chi connectivity index (χ4n) is 4.54. The molecule has 0 bridgehead atoms. The second kappa shape index (κ2) is 7.38. The summed E-state index contributed by atoms with van der Waals surface area (Å²) in [4.78, 5) is 12.1. The number of ether oxygens (including phenoxy) is 1. The third-order valence-corrected chi connectivity index (χ3v) is 6.35. The van der Waals surface area contributed by atoms with Crippen molar-refractivity contribution in [2.45, 2.75) is 43.5 Å². The minimum atomic E-state index is -4.95. The van der Waals surface area contributed by atoms with Crippen molar-refractivity contribution >= 4 is 28.1 Å². The zero-order chi connectivity index (χ0) is 23.5. The standard InChI is InChI=1S/C22H21ClF3N3O3/c1-20(2)10-21(31,22(24,25)26)18(12-7-17(32-3)15(23)8-14(12)20)28-16-6-4-5-11-13(16)9-27-29-19(11)30/h4-9,18,28,31H,10H2,1-3H3,(H,29,30). The second-order valence-electron chi connectivity index (χ2n) is 8.60. The van der Waals surface area contributed by atoms with E-state index in [1.54, 1.807) is 26.0 Å². The molecule has 3 N–H and O–H groups in total. The Kier molecular flexibility index (Phi) is 5.17. The van der Waals surface area contributed by atoms with Gasteiger partial charge in [-0.1, -0.05) is 31.5 Å². The number of fused-ring (bicyclic) bond motifs is 2. The number of benzene rings is 2. The Hall–Kier alpha value is -2.78. The molecule has 32 heavy (non-hydrogen) atoms. The molecule has 0 amide bonds. The number of anilines is 1. The van der Waals surface area contributed by atoms with E-state index in [-0.39, 0.29) is 27.4 Å². The maximum atomic E-state index is 14.3. The SMILES string of the molecule is COc1cc2c(cc1Cl)C(C)(C)CC(O)(C(F)(F)F)C2Nc1cccc2c(=O)[nH]ncc12. The van der Waals surface area contributed by atoms with Crippen molar-refractivity contribution < 1.29 is 23.0 Å². The lowest BCUT2D eigenvalue weighted by molar-refractivity contribution is -0.275. The number of H-pyrrole nitrogens is 1. The number of alkyl halides is 3. The van der Waals surface area contributed by atoms with Crippen LogP contribution < -0.4 is 15.6 Å². The van der Waals surface area contributed by atoms with E-state index in [1.165, 1.54) is 31.5 Å². The van der Waals surface area contributed by atoms with Gasteiger partial charge in [-0.2, -0.15) is 18.3 Å². The first-order valence-corrected chi connectivity index (χ1v) is 10.2. The summed E-state index contributed by atoms with van der Waals surface area (Å²) in [5.74, 6) is 0.190. The number of halogens is 4. The molecule has 2 aromatic carbocycles. The molecule has 4 rings (SSSR count). The van der Waals surface area contributed by atoms with Gasteiger partial charge in [0, 0.05) is 11.1 Å². The highest BCUT2D eigenvalue weighted by molar-refractivity contribution is 6.32. The Bertz CT molecular complexity index is 1260. The van der Waals surface area contributed by atoms with Crippen molar-refractivity contribution in [3.63, 3.8) is 0 Å². The van der Waals surface area contributed by atoms with Gasteiger partial charge >= 0.3 is 6.18 Å². The molecule has 0 saturated heterocycles. The highest BCUT2D eigenvalue weighted by Crippen LogP contribution is 2.55. The number of hydrogen-bond acceptors (Lipinski definition) is 5. The van der Waals surface area contributed by atoms with Crippen molar-refractivity contribution in [1.82, 2.24) is 10.2 Å². The number of aliphatic hydroxyl groups is 1. The lowest BCUT2D eigenvalue weighted by Crippen LogP contribution is -2.58. The van der Waals surface area contributed by atoms with E-state index in [2.05, 4.69) is 15.5 Å². The summed E-state index contributed by atoms with van der Waals surface area (Å²) < 4.78 is 48.3. The lowest BCUT2D eigenvalue weighted by Gasteiger charge is -2.49. The average molecular weight is 468 g/mol. The largest absolute Gasteiger partial charge is 0.495 e. The molecule has 0 saturated carbocycles. The first-order valence-electron chi connectivity index (χ1n) is 9.79. The molecule has 1 heterocycles. The molecule has 6 nitrogen and oxygen atoms in total. The van der Waals surface area contributed by atoms with Crippen LogP contribution in [0.25, 0.3) is 10.8 Å². The molecule has 0 aliphatic heterocycles. The number of nitrogens with one attached hydrogen (secondary N) is 2. The summed E-state index contributed by atoms with van der Waals surface area (Å²) in [6, 6.07) is 6.02. The van der Waals surface area contributed by atoms with Gasteiger partial charge in [-0.25, -0.2) is 5.10 Å². The number of rotatable bonds is 3. The maximum absolute atomic E-state index is 14.3. The van der Waals surface area contributed by atoms with E-state index in [1.807, 2.05) is 0 Å². The maximum Gasteiger partial charge on any atom is 0.419 e. The summed E-state index contributed by atoms with van der Waals surface area (Å²) in [5.41, 5.74) is -3.63. The first kappa shape index (κ1) is 22.4. The number of methoxy groups -OCH3 is 1. The van der Waals surface area contributed by atoms with Gasteiger partial charge in [0.05, 0.1) is 29.8 Å². The molecule has 1 aliphatic rings. The van der Waals surface area contributed by atoms with Crippen molar-refractivity contribution in [3.05, 3.63) is 63.0 Å². The minimum Gasteiger partial charge on any atom is -0.495 e. The van der Waals surface area contributed by atoms with Crippen molar-refractivity contribution in [2.75, 3.05) is 12.4 Å². The van der Waals surface area contributed by atoms with E-state index in [9.17, 15) is 23.1 Å². The number of hydrogen-bond donors (Lipinski definition) is 3. The molecule has 2 unspecified atom stereocenters. The quantitative estimate of drug-likeness (QED) is 0.519. The predicted molar refractivity (Wildman–Crippen MR) is 115 cm³/mol. The third kappa shape index (κ3) is 3.40. The van der Waals surface area contributed by atoms with Gasteiger partial charge in [0.15, 0.2) is 5.60 Å². The van der Waals surface area contributed by atoms with Crippen LogP contribution in [0.3, 0.4) is 0 Å². The molecule has 3 aromatic rings. The Labute approximate surface area is 186 Å². The average Bonchev–Trinajstić information content (AvgIpc) is 2.70. The van der Waals surface area contributed by atoms with Crippen LogP contribution >= 0.6 is 11.6 Å². The molecular formula is C22H21ClF3N3O3. The van der Waals surface area contributed by atoms with E-state index in [0.29, 0.717) is 10.9 Å². The van der Waals surface area contributed by atoms with Crippen LogP contribution in [0, 0.1) is 0 Å². The summed E-state index contributed by atoms with van der Waals surface area (Å²) in [6.07, 6.45) is -4.20. The smallest absolute Gasteiger partial charge is 0.419 e. The van der Waals surface area contributed by atoms with Crippen LogP contribution in [-0.2, 0) is 5.41 Å². The van der Waals surface area contributed by atoms with Crippen molar-refractivity contribution in [2.24, 2.45) is 0 Å². The van der Waals surface area contributed by atoms with Crippen LogP contribution in [0.1, 0.15) is 37.4 Å². The Balaban J connectivity index is 1.98. The monoisotopic (exact) mass is 467 g/mol. The highest BCUT2D eigenvalue weighted by atomic mass is 35.5. The molecule has 1 aromatic heterocycles. The highest BCUT2D eigenvalue weighted by Gasteiger charge is 2.64. The summed E-state index contributed by atoms with van der Waals surface area (Å²) >= 11 is 6.28. The van der Waals surface area contributed by atoms with E-state index in [0.717, 1.165) is 0 Å². The molecule has 0 fully saturated rings. The topological polar surface area (TPSA) is 87.2 Å². The predicted octanol–water partition coefficient (Wildman–Crippen LogP) is 4.71. The molecule has 0 radical (unpaired) electrons. The van der Waals surface area contributed by atoms with Crippen LogP contribution in [0.5, 0.6) is 5.75 Å². The van der Waals surface area contributed by atoms with E-state index >= 15 is 0 Å². The summed E-state index contributed by atoms with van der Waals surface area (Å²) in [6.45, 7) is 3.26. The Morgan fingerprint density at radius 3 is 2.66 bits per heavy atom. The Morgan fingerprint density at radius 2 is 2.00 bits per heavy atom. The first-order chi connectivity index (χ1) is 14.9. The van der Waals surface area contributed by atoms with Crippen molar-refractivity contribution in [1.29, 1.82) is 0 Å². The molecular weight excluding hydrogens is 447 g/mol. The zero-order valence-electron chi connectivity index (χ0n) is 17.5. The minimum absolute atomic E-state index is 0.190. The number of aromatic amines is 1. The van der Waals surface area contributed by atoms with E-state index in [4.69, 9.17) is 16.3 Å². The van der Waals surface area contributed by atoms with Gasteiger partial charge in [-0.15, -0.1) is 0 Å². The number of aromatic nitrogens is 2. The molecule has 1 aliphatic carbocycles. The van der Waals surface area contributed by atoms with E-state index < -0.39 is 35.2 Å². The normalized spacial score (nSPS) is 22.4. The fraction of sp³-hybridized carbons (Fsp3) is 0.364. The molecule has 170 valence electrons. The fourth-order valence-corrected chi connectivity index (χ4v) is 4.78. The van der Waals surface area contributed by atoms with Crippen molar-refractivity contribution in [3.8, 4) is 5.75 Å². The molecule has 10 heteroatoms. The van der Waals surface area contributed by atoms with Gasteiger partial charge in [0.25, 0.3) is 5.56 Å². The second-order valence-corrected chi connectivity index (χ2v) is 9.01. The summed E-state index contributed by atoms with van der Waals surface area (Å²) in [7, 11) is 1.36.